The fraction of sp³-hybridized carbons (Fsp3) is 0.917. The summed E-state index contributed by atoms with van der Waals surface area (Å²) in [5.74, 6) is 1.28. The van der Waals surface area contributed by atoms with E-state index in [0.29, 0.717) is 17.9 Å². The molecule has 0 aromatic carbocycles. The summed E-state index contributed by atoms with van der Waals surface area (Å²) in [7, 11) is 1.59. The zero-order valence-electron chi connectivity index (χ0n) is 19.5. The normalized spacial score (nSPS) is 28.7. The third kappa shape index (κ3) is 4.81. The van der Waals surface area contributed by atoms with Crippen molar-refractivity contribution in [2.75, 3.05) is 26.8 Å². The Morgan fingerprint density at radius 2 is 1.66 bits per heavy atom. The fourth-order valence-corrected chi connectivity index (χ4v) is 5.99. The molecule has 3 atom stereocenters. The molecule has 2 amide bonds. The van der Waals surface area contributed by atoms with Gasteiger partial charge in [-0.15, -0.1) is 0 Å². The lowest BCUT2D eigenvalue weighted by Crippen LogP contribution is -2.48. The lowest BCUT2D eigenvalue weighted by molar-refractivity contribution is -0.141. The number of carbonyl (C=O) groups is 2. The van der Waals surface area contributed by atoms with E-state index >= 15 is 0 Å². The molecule has 1 aliphatic carbocycles. The highest BCUT2D eigenvalue weighted by molar-refractivity contribution is 5.80. The van der Waals surface area contributed by atoms with Crippen LogP contribution in [0.1, 0.15) is 79.6 Å². The first-order valence-corrected chi connectivity index (χ1v) is 11.6. The maximum atomic E-state index is 13.0. The van der Waals surface area contributed by atoms with Gasteiger partial charge in [0.25, 0.3) is 0 Å². The Labute approximate surface area is 177 Å². The molecular formula is C24H42N2O3. The molecule has 1 saturated carbocycles. The minimum absolute atomic E-state index is 0.0574. The molecule has 2 aliphatic heterocycles. The van der Waals surface area contributed by atoms with Gasteiger partial charge in [-0.25, -0.2) is 0 Å². The topological polar surface area (TPSA) is 49.9 Å². The number of hydrogen-bond donors (Lipinski definition) is 0. The first-order chi connectivity index (χ1) is 13.5. The molecule has 0 radical (unpaired) electrons. The second-order valence-electron chi connectivity index (χ2n) is 11.5. The third-order valence-corrected chi connectivity index (χ3v) is 7.68. The number of rotatable bonds is 6. The average molecular weight is 407 g/mol. The summed E-state index contributed by atoms with van der Waals surface area (Å²) in [4.78, 5) is 29.9. The van der Waals surface area contributed by atoms with E-state index in [1.54, 1.807) is 7.11 Å². The summed E-state index contributed by atoms with van der Waals surface area (Å²) in [5, 5.41) is 0. The molecule has 0 spiro atoms. The Hall–Kier alpha value is -1.10. The molecule has 5 heteroatoms. The molecule has 0 N–H and O–H groups in total. The number of ether oxygens (including phenoxy) is 1. The molecule has 29 heavy (non-hydrogen) atoms. The van der Waals surface area contributed by atoms with E-state index in [4.69, 9.17) is 4.74 Å². The summed E-state index contributed by atoms with van der Waals surface area (Å²) in [6.07, 6.45) is 7.72. The van der Waals surface area contributed by atoms with Crippen molar-refractivity contribution in [1.82, 2.24) is 9.80 Å². The lowest BCUT2D eigenvalue weighted by Gasteiger charge is -2.41. The highest BCUT2D eigenvalue weighted by Gasteiger charge is 2.47. The SMILES string of the molecule is COCC(=O)N1CC(CC(C)(C)C2CCCN2C(=O)C2CCC2)CC1C(C)(C)C. The lowest BCUT2D eigenvalue weighted by atomic mass is 9.73. The number of carbonyl (C=O) groups excluding carboxylic acids is 2. The van der Waals surface area contributed by atoms with Crippen LogP contribution in [0.3, 0.4) is 0 Å². The van der Waals surface area contributed by atoms with Crippen LogP contribution in [0.25, 0.3) is 0 Å². The van der Waals surface area contributed by atoms with E-state index in [1.165, 1.54) is 6.42 Å². The summed E-state index contributed by atoms with van der Waals surface area (Å²) in [6, 6.07) is 0.592. The van der Waals surface area contributed by atoms with Gasteiger partial charge in [-0.2, -0.15) is 0 Å². The predicted octanol–water partition coefficient (Wildman–Crippen LogP) is 4.10. The molecule has 3 unspecified atom stereocenters. The molecule has 5 nitrogen and oxygen atoms in total. The van der Waals surface area contributed by atoms with Gasteiger partial charge in [0.2, 0.25) is 11.8 Å². The Morgan fingerprint density at radius 1 is 0.966 bits per heavy atom. The van der Waals surface area contributed by atoms with Gasteiger partial charge in [0.1, 0.15) is 6.61 Å². The molecule has 3 rings (SSSR count). The summed E-state index contributed by atoms with van der Waals surface area (Å²) >= 11 is 0. The van der Waals surface area contributed by atoms with Gasteiger partial charge in [0, 0.05) is 38.2 Å². The van der Waals surface area contributed by atoms with Gasteiger partial charge < -0.3 is 14.5 Å². The van der Waals surface area contributed by atoms with Crippen molar-refractivity contribution in [2.45, 2.75) is 91.6 Å². The zero-order valence-corrected chi connectivity index (χ0v) is 19.5. The molecule has 0 bridgehead atoms. The van der Waals surface area contributed by atoms with Crippen LogP contribution < -0.4 is 0 Å². The van der Waals surface area contributed by atoms with E-state index in [2.05, 4.69) is 44.4 Å². The van der Waals surface area contributed by atoms with Crippen molar-refractivity contribution in [3.05, 3.63) is 0 Å². The zero-order chi connectivity index (χ0) is 21.4. The molecular weight excluding hydrogens is 364 g/mol. The quantitative estimate of drug-likeness (QED) is 0.667. The molecule has 166 valence electrons. The van der Waals surface area contributed by atoms with Crippen LogP contribution in [-0.2, 0) is 14.3 Å². The standard InChI is InChI=1S/C24H42N2O3/c1-23(2,3)20-13-17(15-26(20)21(27)16-29-6)14-24(4,5)19-11-8-12-25(19)22(28)18-9-7-10-18/h17-20H,7-16H2,1-6H3. The first kappa shape index (κ1) is 22.6. The van der Waals surface area contributed by atoms with Gasteiger partial charge in [0.15, 0.2) is 0 Å². The van der Waals surface area contributed by atoms with Crippen LogP contribution in [-0.4, -0.2) is 60.5 Å². The van der Waals surface area contributed by atoms with Crippen LogP contribution in [0.2, 0.25) is 0 Å². The maximum absolute atomic E-state index is 13.0. The van der Waals surface area contributed by atoms with Crippen molar-refractivity contribution in [3.8, 4) is 0 Å². The molecule has 2 saturated heterocycles. The number of amides is 2. The smallest absolute Gasteiger partial charge is 0.248 e. The summed E-state index contributed by atoms with van der Waals surface area (Å²) in [5.41, 5.74) is 0.130. The van der Waals surface area contributed by atoms with Gasteiger partial charge in [-0.1, -0.05) is 41.0 Å². The van der Waals surface area contributed by atoms with Crippen LogP contribution in [0, 0.1) is 22.7 Å². The van der Waals surface area contributed by atoms with Crippen molar-refractivity contribution in [1.29, 1.82) is 0 Å². The van der Waals surface area contributed by atoms with Gasteiger partial charge >= 0.3 is 0 Å². The Kier molecular flexibility index (Phi) is 6.67. The van der Waals surface area contributed by atoms with Crippen molar-refractivity contribution in [3.63, 3.8) is 0 Å². The Balaban J connectivity index is 1.68. The summed E-state index contributed by atoms with van der Waals surface area (Å²) < 4.78 is 5.14. The Morgan fingerprint density at radius 3 is 2.21 bits per heavy atom. The molecule has 0 aromatic rings. The fourth-order valence-electron chi connectivity index (χ4n) is 5.99. The monoisotopic (exact) mass is 406 g/mol. The van der Waals surface area contributed by atoms with Crippen LogP contribution in [0.4, 0.5) is 0 Å². The van der Waals surface area contributed by atoms with E-state index in [-0.39, 0.29) is 35.3 Å². The van der Waals surface area contributed by atoms with E-state index in [9.17, 15) is 9.59 Å². The number of hydrogen-bond acceptors (Lipinski definition) is 3. The summed E-state index contributed by atoms with van der Waals surface area (Å²) in [6.45, 7) is 13.3. The van der Waals surface area contributed by atoms with Crippen molar-refractivity contribution < 1.29 is 14.3 Å². The van der Waals surface area contributed by atoms with Crippen molar-refractivity contribution >= 4 is 11.8 Å². The Bertz CT molecular complexity index is 606. The van der Waals surface area contributed by atoms with E-state index in [1.807, 2.05) is 0 Å². The second-order valence-corrected chi connectivity index (χ2v) is 11.5. The minimum Gasteiger partial charge on any atom is -0.375 e. The van der Waals surface area contributed by atoms with Crippen molar-refractivity contribution in [2.24, 2.45) is 22.7 Å². The van der Waals surface area contributed by atoms with Gasteiger partial charge in [-0.3, -0.25) is 9.59 Å². The molecule has 2 heterocycles. The molecule has 0 aromatic heterocycles. The van der Waals surface area contributed by atoms with Crippen LogP contribution >= 0.6 is 0 Å². The largest absolute Gasteiger partial charge is 0.375 e. The van der Waals surface area contributed by atoms with Gasteiger partial charge in [0.05, 0.1) is 0 Å². The van der Waals surface area contributed by atoms with Gasteiger partial charge in [-0.05, 0) is 55.3 Å². The molecule has 3 fully saturated rings. The highest BCUT2D eigenvalue weighted by atomic mass is 16.5. The number of methoxy groups -OCH3 is 1. The average Bonchev–Trinajstić information content (AvgIpc) is 3.19. The van der Waals surface area contributed by atoms with Crippen LogP contribution in [0.5, 0.6) is 0 Å². The minimum atomic E-state index is 0.0574. The number of likely N-dealkylation sites (tertiary alicyclic amines) is 2. The maximum Gasteiger partial charge on any atom is 0.248 e. The first-order valence-electron chi connectivity index (χ1n) is 11.6. The predicted molar refractivity (Wildman–Crippen MR) is 115 cm³/mol. The highest BCUT2D eigenvalue weighted by Crippen LogP contribution is 2.45. The van der Waals surface area contributed by atoms with E-state index in [0.717, 1.165) is 51.6 Å². The third-order valence-electron chi connectivity index (χ3n) is 7.68. The number of nitrogens with zero attached hydrogens (tertiary/aromatic N) is 2. The second kappa shape index (κ2) is 8.56. The van der Waals surface area contributed by atoms with Crippen LogP contribution in [0.15, 0.2) is 0 Å². The van der Waals surface area contributed by atoms with E-state index < -0.39 is 0 Å². The molecule has 3 aliphatic rings.